The molecule has 0 bridgehead atoms. The first-order valence-corrected chi connectivity index (χ1v) is 6.14. The second-order valence-electron chi connectivity index (χ2n) is 5.03. The van der Waals surface area contributed by atoms with Crippen LogP contribution in [0.5, 0.6) is 0 Å². The van der Waals surface area contributed by atoms with Gasteiger partial charge in [-0.3, -0.25) is 4.79 Å². The Labute approximate surface area is 100 Å². The second-order valence-corrected chi connectivity index (χ2v) is 5.03. The molecule has 0 spiro atoms. The fraction of sp³-hybridized carbons (Fsp3) is 0.750. The van der Waals surface area contributed by atoms with E-state index in [0.29, 0.717) is 18.7 Å². The fourth-order valence-corrected chi connectivity index (χ4v) is 2.23. The normalized spacial score (nSPS) is 25.1. The molecule has 1 heterocycles. The highest BCUT2D eigenvalue weighted by Crippen LogP contribution is 2.35. The Morgan fingerprint density at radius 3 is 2.47 bits per heavy atom. The summed E-state index contributed by atoms with van der Waals surface area (Å²) in [5.41, 5.74) is 0. The Bertz CT molecular complexity index is 392. The molecule has 94 valence electrons. The quantitative estimate of drug-likeness (QED) is 0.875. The van der Waals surface area contributed by atoms with E-state index >= 15 is 0 Å². The highest BCUT2D eigenvalue weighted by molar-refractivity contribution is 5.70. The molecule has 2 rings (SSSR count). The molecule has 1 saturated carbocycles. The monoisotopic (exact) mass is 238 g/mol. The van der Waals surface area contributed by atoms with Crippen molar-refractivity contribution in [1.29, 1.82) is 0 Å². The number of carboxylic acids is 1. The van der Waals surface area contributed by atoms with Crippen LogP contribution in [0.3, 0.4) is 0 Å². The molecule has 1 aliphatic rings. The Balaban J connectivity index is 1.98. The van der Waals surface area contributed by atoms with Gasteiger partial charge in [0.1, 0.15) is 0 Å². The predicted molar refractivity (Wildman–Crippen MR) is 60.7 cm³/mol. The van der Waals surface area contributed by atoms with Crippen molar-refractivity contribution in [3.63, 3.8) is 0 Å². The Morgan fingerprint density at radius 1 is 1.35 bits per heavy atom. The van der Waals surface area contributed by atoms with Gasteiger partial charge in [0.05, 0.1) is 5.92 Å². The number of hydrogen-bond acceptors (Lipinski definition) is 4. The minimum absolute atomic E-state index is 0.196. The molecule has 0 amide bonds. The van der Waals surface area contributed by atoms with Crippen molar-refractivity contribution in [2.24, 2.45) is 5.92 Å². The zero-order valence-electron chi connectivity index (χ0n) is 10.2. The number of aromatic nitrogens is 2. The average Bonchev–Trinajstić information content (AvgIpc) is 2.78. The Morgan fingerprint density at radius 2 is 2.00 bits per heavy atom. The molecule has 5 nitrogen and oxygen atoms in total. The predicted octanol–water partition coefficient (Wildman–Crippen LogP) is 2.55. The smallest absolute Gasteiger partial charge is 0.306 e. The summed E-state index contributed by atoms with van der Waals surface area (Å²) in [6.07, 6.45) is 3.08. The van der Waals surface area contributed by atoms with Crippen LogP contribution >= 0.6 is 0 Å². The summed E-state index contributed by atoms with van der Waals surface area (Å²) in [7, 11) is 0. The summed E-state index contributed by atoms with van der Waals surface area (Å²) in [4.78, 5) is 15.2. The highest BCUT2D eigenvalue weighted by Gasteiger charge is 2.29. The van der Waals surface area contributed by atoms with Crippen molar-refractivity contribution in [2.75, 3.05) is 0 Å². The lowest BCUT2D eigenvalue weighted by atomic mass is 9.82. The van der Waals surface area contributed by atoms with Gasteiger partial charge in [-0.2, -0.15) is 4.98 Å². The van der Waals surface area contributed by atoms with E-state index in [1.807, 2.05) is 13.8 Å². The van der Waals surface area contributed by atoms with Gasteiger partial charge < -0.3 is 9.63 Å². The average molecular weight is 238 g/mol. The Hall–Kier alpha value is -1.39. The Kier molecular flexibility index (Phi) is 3.45. The van der Waals surface area contributed by atoms with Crippen LogP contribution in [0.15, 0.2) is 4.52 Å². The topological polar surface area (TPSA) is 76.2 Å². The standard InChI is InChI=1S/C12H18N2O3/c1-7(2)10-13-11(17-14-10)8-3-5-9(6-4-8)12(15)16/h7-9H,3-6H2,1-2H3,(H,15,16). The molecule has 1 aromatic heterocycles. The van der Waals surface area contributed by atoms with E-state index in [1.165, 1.54) is 0 Å². The SMILES string of the molecule is CC(C)c1noc(C2CCC(C(=O)O)CC2)n1. The van der Waals surface area contributed by atoms with Gasteiger partial charge in [0, 0.05) is 11.8 Å². The number of hydrogen-bond donors (Lipinski definition) is 1. The fourth-order valence-electron chi connectivity index (χ4n) is 2.23. The molecular formula is C12H18N2O3. The van der Waals surface area contributed by atoms with Crippen LogP contribution in [-0.4, -0.2) is 21.2 Å². The molecule has 0 aromatic carbocycles. The summed E-state index contributed by atoms with van der Waals surface area (Å²) in [5, 5.41) is 12.9. The van der Waals surface area contributed by atoms with Crippen LogP contribution in [0.25, 0.3) is 0 Å². The summed E-state index contributed by atoms with van der Waals surface area (Å²) in [6, 6.07) is 0. The maximum Gasteiger partial charge on any atom is 0.306 e. The number of aliphatic carboxylic acids is 1. The number of carbonyl (C=O) groups is 1. The molecule has 0 unspecified atom stereocenters. The van der Waals surface area contributed by atoms with Gasteiger partial charge in [0.25, 0.3) is 0 Å². The summed E-state index contributed by atoms with van der Waals surface area (Å²) < 4.78 is 5.25. The van der Waals surface area contributed by atoms with E-state index in [4.69, 9.17) is 9.63 Å². The van der Waals surface area contributed by atoms with Gasteiger partial charge >= 0.3 is 5.97 Å². The zero-order chi connectivity index (χ0) is 12.4. The van der Waals surface area contributed by atoms with E-state index in [0.717, 1.165) is 18.7 Å². The third kappa shape index (κ3) is 2.65. The first-order chi connectivity index (χ1) is 8.08. The molecule has 1 N–H and O–H groups in total. The molecule has 1 fully saturated rings. The molecule has 5 heteroatoms. The highest BCUT2D eigenvalue weighted by atomic mass is 16.5. The lowest BCUT2D eigenvalue weighted by Gasteiger charge is -2.23. The molecule has 17 heavy (non-hydrogen) atoms. The van der Waals surface area contributed by atoms with Crippen LogP contribution in [0.2, 0.25) is 0 Å². The third-order valence-corrected chi connectivity index (χ3v) is 3.40. The van der Waals surface area contributed by atoms with E-state index in [-0.39, 0.29) is 17.8 Å². The summed E-state index contributed by atoms with van der Waals surface area (Å²) >= 11 is 0. The van der Waals surface area contributed by atoms with Crippen LogP contribution < -0.4 is 0 Å². The third-order valence-electron chi connectivity index (χ3n) is 3.40. The van der Waals surface area contributed by atoms with E-state index in [1.54, 1.807) is 0 Å². The minimum atomic E-state index is -0.683. The summed E-state index contributed by atoms with van der Waals surface area (Å²) in [6.45, 7) is 4.05. The second kappa shape index (κ2) is 4.85. The largest absolute Gasteiger partial charge is 0.481 e. The molecule has 0 aliphatic heterocycles. The first-order valence-electron chi connectivity index (χ1n) is 6.14. The lowest BCUT2D eigenvalue weighted by molar-refractivity contribution is -0.142. The molecule has 1 aliphatic carbocycles. The first kappa shape index (κ1) is 12.1. The van der Waals surface area contributed by atoms with Crippen molar-refractivity contribution in [3.8, 4) is 0 Å². The zero-order valence-corrected chi connectivity index (χ0v) is 10.2. The van der Waals surface area contributed by atoms with Crippen LogP contribution in [0.1, 0.15) is 63.1 Å². The lowest BCUT2D eigenvalue weighted by Crippen LogP contribution is -2.20. The van der Waals surface area contributed by atoms with Gasteiger partial charge in [0.2, 0.25) is 5.89 Å². The molecule has 0 radical (unpaired) electrons. The van der Waals surface area contributed by atoms with Crippen molar-refractivity contribution in [3.05, 3.63) is 11.7 Å². The van der Waals surface area contributed by atoms with Crippen molar-refractivity contribution >= 4 is 5.97 Å². The van der Waals surface area contributed by atoms with Gasteiger partial charge in [0.15, 0.2) is 5.82 Å². The maximum atomic E-state index is 10.8. The number of carboxylic acid groups (broad SMARTS) is 1. The number of rotatable bonds is 3. The van der Waals surface area contributed by atoms with Crippen LogP contribution in [0, 0.1) is 5.92 Å². The van der Waals surface area contributed by atoms with E-state index in [9.17, 15) is 4.79 Å². The molecule has 0 saturated heterocycles. The van der Waals surface area contributed by atoms with E-state index in [2.05, 4.69) is 10.1 Å². The number of nitrogens with zero attached hydrogens (tertiary/aromatic N) is 2. The van der Waals surface area contributed by atoms with Crippen LogP contribution in [0.4, 0.5) is 0 Å². The minimum Gasteiger partial charge on any atom is -0.481 e. The summed E-state index contributed by atoms with van der Waals surface area (Å²) in [5.74, 6) is 1.04. The van der Waals surface area contributed by atoms with Gasteiger partial charge in [-0.05, 0) is 25.7 Å². The van der Waals surface area contributed by atoms with Crippen molar-refractivity contribution < 1.29 is 14.4 Å². The van der Waals surface area contributed by atoms with Crippen molar-refractivity contribution in [1.82, 2.24) is 10.1 Å². The van der Waals surface area contributed by atoms with Gasteiger partial charge in [-0.15, -0.1) is 0 Å². The van der Waals surface area contributed by atoms with Crippen molar-refractivity contribution in [2.45, 2.75) is 51.4 Å². The molecule has 0 atom stereocenters. The maximum absolute atomic E-state index is 10.8. The van der Waals surface area contributed by atoms with E-state index < -0.39 is 5.97 Å². The van der Waals surface area contributed by atoms with Gasteiger partial charge in [-0.1, -0.05) is 19.0 Å². The molecule has 1 aromatic rings. The van der Waals surface area contributed by atoms with Gasteiger partial charge in [-0.25, -0.2) is 0 Å². The molecular weight excluding hydrogens is 220 g/mol. The van der Waals surface area contributed by atoms with Crippen LogP contribution in [-0.2, 0) is 4.79 Å².